The molecule has 0 aromatic rings. The summed E-state index contributed by atoms with van der Waals surface area (Å²) in [4.78, 5) is 0. The van der Waals surface area contributed by atoms with Gasteiger partial charge in [0.2, 0.25) is 0 Å². The van der Waals surface area contributed by atoms with Gasteiger partial charge < -0.3 is 8.85 Å². The van der Waals surface area contributed by atoms with Gasteiger partial charge in [0.25, 0.3) is 0 Å². The minimum atomic E-state index is -1.65. The predicted molar refractivity (Wildman–Crippen MR) is 156 cm³/mol. The lowest BCUT2D eigenvalue weighted by molar-refractivity contribution is -0.129. The number of allylic oxidation sites excluding steroid dienone is 2. The third-order valence-electron chi connectivity index (χ3n) is 11.5. The minimum absolute atomic E-state index is 0.394. The first kappa shape index (κ1) is 27.9. The molecule has 0 heterocycles. The molecule has 0 aliphatic heterocycles. The van der Waals surface area contributed by atoms with E-state index in [1.54, 1.807) is 0 Å². The maximum Gasteiger partial charge on any atom is 0.190 e. The van der Waals surface area contributed by atoms with Gasteiger partial charge in [-0.05, 0) is 143 Å². The van der Waals surface area contributed by atoms with E-state index in [1.165, 1.54) is 57.8 Å². The molecule has 0 spiro atoms. The van der Waals surface area contributed by atoms with Crippen LogP contribution in [0.5, 0.6) is 0 Å². The van der Waals surface area contributed by atoms with Crippen molar-refractivity contribution in [3.05, 3.63) is 25.3 Å². The second kappa shape index (κ2) is 10.2. The van der Waals surface area contributed by atoms with E-state index in [9.17, 15) is 0 Å². The van der Waals surface area contributed by atoms with Crippen LogP contribution in [0.4, 0.5) is 0 Å². The largest absolute Gasteiger partial charge is 0.414 e. The van der Waals surface area contributed by atoms with Crippen LogP contribution in [0.25, 0.3) is 0 Å². The van der Waals surface area contributed by atoms with E-state index in [2.05, 4.69) is 72.3 Å². The van der Waals surface area contributed by atoms with Crippen LogP contribution >= 0.6 is 0 Å². The van der Waals surface area contributed by atoms with Gasteiger partial charge in [0.05, 0.1) is 0 Å². The van der Waals surface area contributed by atoms with Gasteiger partial charge in [0, 0.05) is 12.2 Å². The molecule has 0 unspecified atom stereocenters. The fourth-order valence-electron chi connectivity index (χ4n) is 9.97. The summed E-state index contributed by atoms with van der Waals surface area (Å²) in [6.45, 7) is 25.2. The van der Waals surface area contributed by atoms with Crippen molar-refractivity contribution in [1.82, 2.24) is 0 Å². The Labute approximate surface area is 220 Å². The van der Waals surface area contributed by atoms with E-state index in [1.807, 2.05) is 0 Å². The van der Waals surface area contributed by atoms with Crippen molar-refractivity contribution in [2.75, 3.05) is 0 Å². The summed E-state index contributed by atoms with van der Waals surface area (Å²) < 4.78 is 13.6. The van der Waals surface area contributed by atoms with Crippen LogP contribution in [0.15, 0.2) is 25.3 Å². The second-order valence-corrected chi connectivity index (χ2v) is 23.1. The van der Waals surface area contributed by atoms with E-state index in [0.29, 0.717) is 23.0 Å². The average molecular weight is 517 g/mol. The van der Waals surface area contributed by atoms with Crippen LogP contribution in [-0.4, -0.2) is 28.8 Å². The van der Waals surface area contributed by atoms with Gasteiger partial charge in [-0.3, -0.25) is 0 Å². The first-order chi connectivity index (χ1) is 16.4. The summed E-state index contributed by atoms with van der Waals surface area (Å²) in [5.74, 6) is 4.38. The molecule has 0 N–H and O–H groups in total. The maximum absolute atomic E-state index is 6.84. The quantitative estimate of drug-likeness (QED) is 0.224. The monoisotopic (exact) mass is 516 g/mol. The molecule has 0 bridgehead atoms. The Morgan fingerprint density at radius 2 is 1.46 bits per heavy atom. The third kappa shape index (κ3) is 5.38. The Kier molecular flexibility index (Phi) is 8.11. The van der Waals surface area contributed by atoms with E-state index < -0.39 is 16.6 Å². The summed E-state index contributed by atoms with van der Waals surface area (Å²) in [5.41, 5.74) is 1.01. The molecule has 35 heavy (non-hydrogen) atoms. The highest BCUT2D eigenvalue weighted by Crippen LogP contribution is 2.68. The lowest BCUT2D eigenvalue weighted by atomic mass is 9.44. The van der Waals surface area contributed by atoms with Crippen molar-refractivity contribution in [3.63, 3.8) is 0 Å². The zero-order chi connectivity index (χ0) is 25.6. The highest BCUT2D eigenvalue weighted by atomic mass is 28.4. The maximum atomic E-state index is 6.84. The van der Waals surface area contributed by atoms with E-state index in [0.717, 1.165) is 41.7 Å². The van der Waals surface area contributed by atoms with Crippen molar-refractivity contribution < 1.29 is 8.85 Å². The number of hydrogen-bond donors (Lipinski definition) is 0. The molecular weight excluding hydrogens is 461 g/mol. The number of fused-ring (bicyclic) bond motifs is 5. The molecule has 4 heteroatoms. The van der Waals surface area contributed by atoms with Gasteiger partial charge in [-0.1, -0.05) is 26.0 Å². The molecule has 0 saturated heterocycles. The number of hydrogen-bond acceptors (Lipinski definition) is 2. The van der Waals surface area contributed by atoms with Crippen molar-refractivity contribution in [1.29, 1.82) is 0 Å². The van der Waals surface area contributed by atoms with Crippen molar-refractivity contribution in [2.45, 2.75) is 129 Å². The van der Waals surface area contributed by atoms with Crippen LogP contribution in [0.1, 0.15) is 78.6 Å². The highest BCUT2D eigenvalue weighted by Gasteiger charge is 2.61. The van der Waals surface area contributed by atoms with E-state index in [4.69, 9.17) is 8.85 Å². The third-order valence-corrected chi connectivity index (χ3v) is 16.0. The number of rotatable bonds is 9. The first-order valence-electron chi connectivity index (χ1n) is 14.9. The first-order valence-corrected chi connectivity index (χ1v) is 21.2. The summed E-state index contributed by atoms with van der Waals surface area (Å²) in [6.07, 6.45) is 17.6. The van der Waals surface area contributed by atoms with Gasteiger partial charge in [0.1, 0.15) is 0 Å². The fourth-order valence-corrected chi connectivity index (χ4v) is 13.8. The average Bonchev–Trinajstić information content (AvgIpc) is 3.10. The Hall–Kier alpha value is -0.166. The lowest BCUT2D eigenvalue weighted by Crippen LogP contribution is -2.55. The summed E-state index contributed by atoms with van der Waals surface area (Å²) in [5, 5.41) is 0. The Morgan fingerprint density at radius 3 is 2.14 bits per heavy atom. The summed E-state index contributed by atoms with van der Waals surface area (Å²) in [6, 6.07) is 2.14. The van der Waals surface area contributed by atoms with E-state index >= 15 is 0 Å². The molecule has 0 radical (unpaired) electrons. The van der Waals surface area contributed by atoms with Gasteiger partial charge in [-0.25, -0.2) is 0 Å². The van der Waals surface area contributed by atoms with Gasteiger partial charge in [0.15, 0.2) is 16.6 Å². The Balaban J connectivity index is 1.44. The lowest BCUT2D eigenvalue weighted by Gasteiger charge is -2.61. The van der Waals surface area contributed by atoms with Crippen LogP contribution in [-0.2, 0) is 8.85 Å². The zero-order valence-electron chi connectivity index (χ0n) is 24.2. The van der Waals surface area contributed by atoms with Gasteiger partial charge in [-0.2, -0.15) is 0 Å². The molecule has 9 atom stereocenters. The molecule has 0 aromatic heterocycles. The van der Waals surface area contributed by atoms with Gasteiger partial charge >= 0.3 is 0 Å². The van der Waals surface area contributed by atoms with Crippen LogP contribution in [0.3, 0.4) is 0 Å². The fraction of sp³-hybridized carbons (Fsp3) is 0.871. The molecule has 4 aliphatic carbocycles. The normalized spacial score (nSPS) is 42.5. The Bertz CT molecular complexity index is 778. The zero-order valence-corrected chi connectivity index (χ0v) is 26.2. The molecule has 4 aliphatic rings. The topological polar surface area (TPSA) is 18.5 Å². The molecule has 0 aromatic carbocycles. The Morgan fingerprint density at radius 1 is 0.829 bits per heavy atom. The molecule has 4 fully saturated rings. The molecule has 4 rings (SSSR count). The predicted octanol–water partition coefficient (Wildman–Crippen LogP) is 9.22. The van der Waals surface area contributed by atoms with Crippen LogP contribution in [0, 0.1) is 40.4 Å². The highest BCUT2D eigenvalue weighted by molar-refractivity contribution is 6.72. The summed E-state index contributed by atoms with van der Waals surface area (Å²) in [7, 11) is -3.26. The smallest absolute Gasteiger partial charge is 0.190 e. The van der Waals surface area contributed by atoms with E-state index in [-0.39, 0.29) is 0 Å². The minimum Gasteiger partial charge on any atom is -0.414 e. The van der Waals surface area contributed by atoms with Gasteiger partial charge in [-0.15, -0.1) is 13.2 Å². The second-order valence-electron chi connectivity index (χ2n) is 14.7. The molecular formula is C31H56O2Si2. The van der Waals surface area contributed by atoms with Crippen molar-refractivity contribution >= 4 is 16.6 Å². The van der Waals surface area contributed by atoms with Crippen LogP contribution in [0.2, 0.25) is 38.3 Å². The van der Waals surface area contributed by atoms with Crippen molar-refractivity contribution in [3.8, 4) is 0 Å². The SMILES string of the molecule is C=CC[Si](C)(C)O[C@H]1CC[C@@]2(C)[C@@H](CC[C@@H]3[C@@H]2CC[C@]2(C)[C@@H]([C@@H](C)O[Si](C)(C)CC=C)CC[C@@H]32)C1. The molecule has 0 amide bonds. The molecule has 2 nitrogen and oxygen atoms in total. The standard InChI is InChI=1S/C31H56O2Si2/c1-10-20-34(6,7)32-23(3)27-14-15-28-26-13-12-24-22-25(33-35(8,9)21-11-2)16-18-30(24,4)29(26)17-19-31(27,28)5/h10-11,23-29H,1-2,12-22H2,3-9H3/t23-,24+,25+,26+,27-,28+,29+,30+,31-/m1/s1. The molecule has 200 valence electrons. The summed E-state index contributed by atoms with van der Waals surface area (Å²) >= 11 is 0. The van der Waals surface area contributed by atoms with Crippen LogP contribution < -0.4 is 0 Å². The van der Waals surface area contributed by atoms with Crippen molar-refractivity contribution in [2.24, 2.45) is 40.4 Å². The molecule has 4 saturated carbocycles.